The minimum atomic E-state index is -3.17. The molecule has 14 atom stereocenters. The normalized spacial score (nSPS) is 16.1. The number of primary amides is 1. The molecule has 33 heteroatoms. The minimum Gasteiger partial charge on any atom is -0.508 e. The van der Waals surface area contributed by atoms with E-state index in [0.29, 0.717) is 4.90 Å². The van der Waals surface area contributed by atoms with Crippen molar-refractivity contribution in [1.82, 2.24) is 41.7 Å². The number of carboxylic acids is 1. The highest BCUT2D eigenvalue weighted by Crippen LogP contribution is 2.33. The summed E-state index contributed by atoms with van der Waals surface area (Å²) < 4.78 is 0. The average molecular weight is 1380 g/mol. The number of carbonyl (C=O) groups excluding carboxylic acids is 11. The average Bonchev–Trinajstić information content (AvgIpc) is 0.740. The maximum absolute atomic E-state index is 16.4. The quantitative estimate of drug-likeness (QED) is 0.0131. The van der Waals surface area contributed by atoms with Gasteiger partial charge < -0.3 is 96.9 Å². The third-order valence-electron chi connectivity index (χ3n) is 16.1. The summed E-state index contributed by atoms with van der Waals surface area (Å²) in [7, 11) is 0. The Bertz CT molecular complexity index is 3080. The molecule has 0 spiro atoms. The molecule has 0 saturated heterocycles. The number of aromatic hydroxyl groups is 1. The summed E-state index contributed by atoms with van der Waals surface area (Å²) in [6, 6.07) is -2.32. The van der Waals surface area contributed by atoms with Gasteiger partial charge in [0, 0.05) is 13.1 Å². The summed E-state index contributed by atoms with van der Waals surface area (Å²) in [6.45, 7) is 14.7. The number of carbonyl (C=O) groups is 12. The summed E-state index contributed by atoms with van der Waals surface area (Å²) in [4.78, 5) is 178. The lowest BCUT2D eigenvalue weighted by atomic mass is 9.77. The van der Waals surface area contributed by atoms with Crippen LogP contribution >= 0.6 is 0 Å². The van der Waals surface area contributed by atoms with Gasteiger partial charge in [-0.25, -0.2) is 4.79 Å². The number of rotatable bonds is 42. The number of guanidine groups is 1. The molecule has 98 heavy (non-hydrogen) atoms. The second-order valence-electron chi connectivity index (χ2n) is 26.1. The van der Waals surface area contributed by atoms with Crippen LogP contribution in [-0.2, 0) is 70.5 Å². The van der Waals surface area contributed by atoms with Gasteiger partial charge in [-0.2, -0.15) is 0 Å². The largest absolute Gasteiger partial charge is 0.508 e. The number of hydrogen-bond donors (Lipinski definition) is 18. The fraction of sp³-hybridized carbons (Fsp3) is 0.615. The van der Waals surface area contributed by atoms with E-state index < -0.39 is 205 Å². The lowest BCUT2D eigenvalue weighted by molar-refractivity contribution is -0.169. The number of phenolic OH excluding ortho intramolecular Hbond substituents is 1. The van der Waals surface area contributed by atoms with Gasteiger partial charge in [-0.15, -0.1) is 0 Å². The van der Waals surface area contributed by atoms with Crippen molar-refractivity contribution in [3.8, 4) is 5.75 Å². The van der Waals surface area contributed by atoms with Crippen LogP contribution in [0.2, 0.25) is 0 Å². The van der Waals surface area contributed by atoms with Gasteiger partial charge in [0.25, 0.3) is 11.8 Å². The van der Waals surface area contributed by atoms with Crippen LogP contribution in [0, 0.1) is 29.6 Å². The maximum atomic E-state index is 16.4. The van der Waals surface area contributed by atoms with Crippen LogP contribution in [0.5, 0.6) is 5.75 Å². The number of hydrogen-bond acceptors (Lipinski definition) is 22. The molecular weight excluding hydrogens is 1280 g/mol. The van der Waals surface area contributed by atoms with Crippen molar-refractivity contribution < 1.29 is 88.2 Å². The Balaban J connectivity index is 3.07. The van der Waals surface area contributed by atoms with Crippen LogP contribution in [0.3, 0.4) is 0 Å². The molecule has 0 aliphatic rings. The number of aliphatic hydroxyl groups excluding tert-OH is 4. The zero-order valence-corrected chi connectivity index (χ0v) is 57.7. The summed E-state index contributed by atoms with van der Waals surface area (Å²) in [5.41, 5.74) is 33.4. The Hall–Kier alpha value is -8.57. The Morgan fingerprint density at radius 1 is 0.643 bits per heavy atom. The second-order valence-corrected chi connectivity index (χ2v) is 26.1. The van der Waals surface area contributed by atoms with E-state index in [4.69, 9.17) is 34.4 Å². The molecule has 2 rings (SSSR count). The molecule has 0 aliphatic heterocycles. The summed E-state index contributed by atoms with van der Waals surface area (Å²) in [5.74, 6) is -20.7. The Labute approximate surface area is 570 Å². The van der Waals surface area contributed by atoms with E-state index in [9.17, 15) is 64.2 Å². The number of nitrogens with one attached hydrogen (secondary N) is 6. The molecule has 0 bridgehead atoms. The Morgan fingerprint density at radius 3 is 1.72 bits per heavy atom. The molecule has 24 N–H and O–H groups in total. The molecule has 33 nitrogen and oxygen atoms in total. The van der Waals surface area contributed by atoms with Gasteiger partial charge >= 0.3 is 5.97 Å². The first-order valence-corrected chi connectivity index (χ1v) is 32.5. The van der Waals surface area contributed by atoms with Gasteiger partial charge in [-0.3, -0.25) is 67.5 Å². The topological polar surface area (TPSA) is 573 Å². The van der Waals surface area contributed by atoms with Crippen LogP contribution < -0.4 is 66.3 Å². The number of aliphatic imine (C=N–C) groups is 1. The molecule has 0 saturated carbocycles. The predicted octanol–water partition coefficient (Wildman–Crippen LogP) is -3.92. The molecule has 0 heterocycles. The zero-order chi connectivity index (χ0) is 74.8. The van der Waals surface area contributed by atoms with Crippen molar-refractivity contribution in [1.29, 1.82) is 0 Å². The molecule has 1 unspecified atom stereocenters. The van der Waals surface area contributed by atoms with Crippen LogP contribution in [0.15, 0.2) is 59.6 Å². The number of aliphatic carboxylic acids is 1. The number of carboxylic acid groups (broad SMARTS) is 1. The first-order valence-electron chi connectivity index (χ1n) is 32.5. The highest BCUT2D eigenvalue weighted by molar-refractivity contribution is 6.20. The van der Waals surface area contributed by atoms with Gasteiger partial charge in [0.1, 0.15) is 42.0 Å². The predicted molar refractivity (Wildman–Crippen MR) is 359 cm³/mol. The maximum Gasteiger partial charge on any atom is 0.329 e. The van der Waals surface area contributed by atoms with E-state index >= 15 is 24.0 Å². The lowest BCUT2D eigenvalue weighted by Gasteiger charge is -2.45. The van der Waals surface area contributed by atoms with Gasteiger partial charge in [-0.1, -0.05) is 118 Å². The van der Waals surface area contributed by atoms with Crippen LogP contribution in [0.4, 0.5) is 0 Å². The summed E-state index contributed by atoms with van der Waals surface area (Å²) >= 11 is 0. The van der Waals surface area contributed by atoms with Crippen LogP contribution in [0.1, 0.15) is 126 Å². The van der Waals surface area contributed by atoms with E-state index in [1.54, 1.807) is 34.6 Å². The van der Waals surface area contributed by atoms with Crippen molar-refractivity contribution >= 4 is 76.8 Å². The van der Waals surface area contributed by atoms with E-state index in [1.807, 2.05) is 49.5 Å². The zero-order valence-electron chi connectivity index (χ0n) is 57.7. The smallest absolute Gasteiger partial charge is 0.329 e. The van der Waals surface area contributed by atoms with Gasteiger partial charge in [0.2, 0.25) is 47.3 Å². The molecule has 10 amide bonds. The fourth-order valence-corrected chi connectivity index (χ4v) is 10.6. The van der Waals surface area contributed by atoms with E-state index in [1.165, 1.54) is 45.0 Å². The van der Waals surface area contributed by atoms with E-state index in [2.05, 4.69) is 31.6 Å². The van der Waals surface area contributed by atoms with Gasteiger partial charge in [0.05, 0.1) is 37.4 Å². The molecule has 0 radical (unpaired) electrons. The number of aliphatic hydroxyl groups is 4. The molecule has 0 aromatic heterocycles. The van der Waals surface area contributed by atoms with Gasteiger partial charge in [-0.05, 0) is 98.3 Å². The third kappa shape index (κ3) is 25.1. The summed E-state index contributed by atoms with van der Waals surface area (Å²) in [5, 5.41) is 78.2. The van der Waals surface area contributed by atoms with Crippen molar-refractivity contribution in [2.45, 2.75) is 206 Å². The monoisotopic (exact) mass is 1380 g/mol. The summed E-state index contributed by atoms with van der Waals surface area (Å²) in [6.07, 6.45) is -7.77. The number of phenols is 1. The number of benzene rings is 2. The van der Waals surface area contributed by atoms with Crippen molar-refractivity contribution in [3.63, 3.8) is 0 Å². The first-order chi connectivity index (χ1) is 45.7. The van der Waals surface area contributed by atoms with E-state index in [0.717, 1.165) is 12.5 Å². The molecule has 548 valence electrons. The first kappa shape index (κ1) is 85.5. The second kappa shape index (κ2) is 40.4. The SMILES string of the molecule is CCC(C)[C@H](NC(=O)[C@@H](CCCN=C(N)N)NC(=O)[C@@](CC(C)C)(C(=O)[C@@H](N)Cc1cccc(O)c1)N(C(=O)[C@H](CC(C)C)NC(=O)[C@@H](CC(C)C)NCc1ccccc1)C(=O)[C@@H](N)[C@H](O)C(C)C)C(=O)N[C@H](C(=O)NCC(=O)N(C(=O)[C@@H](N)[C@H](O)C(N)=O)[C@@H](CO)C(=O)O)[C@H](C)O. The van der Waals surface area contributed by atoms with Crippen molar-refractivity contribution in [2.24, 2.45) is 69.0 Å². The van der Waals surface area contributed by atoms with E-state index in [-0.39, 0.29) is 66.9 Å². The lowest BCUT2D eigenvalue weighted by Crippen LogP contribution is -2.75. The highest BCUT2D eigenvalue weighted by Gasteiger charge is 2.59. The van der Waals surface area contributed by atoms with Crippen molar-refractivity contribution in [3.05, 3.63) is 65.7 Å². The molecule has 2 aromatic carbocycles. The Kier molecular flexibility index (Phi) is 35.2. The molecular formula is C65H105N15O18. The number of ketones is 1. The number of nitrogens with zero attached hydrogens (tertiary/aromatic N) is 3. The number of amides is 10. The number of imide groups is 2. The van der Waals surface area contributed by atoms with Crippen molar-refractivity contribution in [2.75, 3.05) is 19.7 Å². The van der Waals surface area contributed by atoms with Crippen LogP contribution in [0.25, 0.3) is 0 Å². The van der Waals surface area contributed by atoms with Gasteiger partial charge in [0.15, 0.2) is 29.4 Å². The number of Topliss-reactive ketones (excluding diaryl/α,β-unsaturated/α-hetero) is 1. The molecule has 0 fully saturated rings. The third-order valence-corrected chi connectivity index (χ3v) is 16.1. The molecule has 2 aromatic rings. The minimum absolute atomic E-state index is 0.0894. The fourth-order valence-electron chi connectivity index (χ4n) is 10.6. The molecule has 0 aliphatic carbocycles. The number of nitrogens with two attached hydrogens (primary N) is 6. The standard InChI is InChI=1S/C65H105N15O18/c1-12-36(10)49(58(92)78-50(37(11)82)57(91)74-30-46(84)79(45(31-81)62(96)97)60(94)48(68)52(86)54(69)88)77-55(89)42(22-17-23-72-64(70)71)76-63(98)65(28-34(6)7,53(87)41(66)27-39-20-16-21-40(83)26-39)80(61(95)47(67)51(85)35(8)9)59(93)44(25-33(4)5)75-56(90)43(24-32(2)3)73-29-38-18-14-13-15-19-38/h13-16,18-21,26,32-37,41-45,47-52,73,81-83,85-86H,12,17,22-25,27-31,66-68H2,1-11H3,(H2,69,88)(H,74,91)(H,75,90)(H,76,98)(H,77,89)(H,78,92)(H,96,97)(H4,70,71,72)/t36?,37-,41-,42+,43+,44-,45-,47-,48-,49-,50-,51+,52-,65+/m0/s1. The Morgan fingerprint density at radius 2 is 1.21 bits per heavy atom. The highest BCUT2D eigenvalue weighted by atomic mass is 16.4. The van der Waals surface area contributed by atoms with Crippen LogP contribution in [-0.4, -0.2) is 215 Å².